The summed E-state index contributed by atoms with van der Waals surface area (Å²) in [6.45, 7) is 0. The van der Waals surface area contributed by atoms with Gasteiger partial charge in [-0.2, -0.15) is 5.10 Å². The highest BCUT2D eigenvalue weighted by molar-refractivity contribution is 7.92. The molecular formula is C24H28FN3O3S. The summed E-state index contributed by atoms with van der Waals surface area (Å²) in [5.41, 5.74) is 1.95. The van der Waals surface area contributed by atoms with E-state index in [1.165, 1.54) is 0 Å². The Morgan fingerprint density at radius 3 is 2.53 bits per heavy atom. The summed E-state index contributed by atoms with van der Waals surface area (Å²) in [7, 11) is -1.55. The SMILES string of the molecule is Cn1ccc(NC(=O)C(=C[C@H]2CCC(F)C2)c2ccc(S(=O)(=O)C3CC3)c(C3CC3)c2)n1. The maximum absolute atomic E-state index is 13.8. The largest absolute Gasteiger partial charge is 0.305 e. The lowest BCUT2D eigenvalue weighted by molar-refractivity contribution is -0.111. The number of aromatic nitrogens is 2. The maximum Gasteiger partial charge on any atom is 0.257 e. The number of aryl methyl sites for hydroxylation is 1. The third-order valence-electron chi connectivity index (χ3n) is 6.62. The van der Waals surface area contributed by atoms with Gasteiger partial charge in [-0.3, -0.25) is 9.48 Å². The van der Waals surface area contributed by atoms with Gasteiger partial charge >= 0.3 is 0 Å². The van der Waals surface area contributed by atoms with Gasteiger partial charge in [-0.25, -0.2) is 12.8 Å². The number of nitrogens with one attached hydrogen (secondary N) is 1. The molecule has 32 heavy (non-hydrogen) atoms. The Hall–Kier alpha value is -2.48. The second-order valence-corrected chi connectivity index (χ2v) is 11.5. The molecule has 1 heterocycles. The molecule has 0 radical (unpaired) electrons. The van der Waals surface area contributed by atoms with Gasteiger partial charge in [0.15, 0.2) is 15.7 Å². The lowest BCUT2D eigenvalue weighted by atomic mass is 9.95. The van der Waals surface area contributed by atoms with Crippen LogP contribution in [0.15, 0.2) is 41.4 Å². The minimum absolute atomic E-state index is 0.0197. The van der Waals surface area contributed by atoms with E-state index in [9.17, 15) is 17.6 Å². The molecule has 0 saturated heterocycles. The summed E-state index contributed by atoms with van der Waals surface area (Å²) in [5, 5.41) is 6.78. The summed E-state index contributed by atoms with van der Waals surface area (Å²) < 4.78 is 41.4. The number of nitrogens with zero attached hydrogens (tertiary/aromatic N) is 2. The topological polar surface area (TPSA) is 81.1 Å². The van der Waals surface area contributed by atoms with Crippen LogP contribution in [0.4, 0.5) is 10.2 Å². The van der Waals surface area contributed by atoms with Crippen molar-refractivity contribution < 1.29 is 17.6 Å². The van der Waals surface area contributed by atoms with Crippen LogP contribution in [-0.4, -0.2) is 35.5 Å². The van der Waals surface area contributed by atoms with Gasteiger partial charge in [-0.05, 0) is 80.0 Å². The molecule has 1 aromatic heterocycles. The van der Waals surface area contributed by atoms with Crippen LogP contribution in [0.1, 0.15) is 62.0 Å². The highest BCUT2D eigenvalue weighted by Gasteiger charge is 2.40. The Kier molecular flexibility index (Phi) is 5.43. The van der Waals surface area contributed by atoms with Crippen molar-refractivity contribution in [3.8, 4) is 0 Å². The molecule has 0 bridgehead atoms. The van der Waals surface area contributed by atoms with Gasteiger partial charge in [0.2, 0.25) is 0 Å². The van der Waals surface area contributed by atoms with Crippen LogP contribution in [0.25, 0.3) is 5.57 Å². The molecule has 5 rings (SSSR count). The maximum atomic E-state index is 13.8. The van der Waals surface area contributed by atoms with E-state index in [-0.39, 0.29) is 23.0 Å². The van der Waals surface area contributed by atoms with Crippen molar-refractivity contribution in [2.45, 2.75) is 67.2 Å². The predicted octanol–water partition coefficient (Wildman–Crippen LogP) is 4.39. The Morgan fingerprint density at radius 1 is 1.16 bits per heavy atom. The van der Waals surface area contributed by atoms with Gasteiger partial charge in [0.1, 0.15) is 6.17 Å². The van der Waals surface area contributed by atoms with Gasteiger partial charge in [0, 0.05) is 24.9 Å². The number of allylic oxidation sites excluding steroid dienone is 1. The molecule has 2 aromatic rings. The Bertz CT molecular complexity index is 1180. The minimum Gasteiger partial charge on any atom is -0.305 e. The summed E-state index contributed by atoms with van der Waals surface area (Å²) in [5.74, 6) is 0.327. The van der Waals surface area contributed by atoms with Gasteiger partial charge < -0.3 is 5.32 Å². The fourth-order valence-electron chi connectivity index (χ4n) is 4.56. The zero-order chi connectivity index (χ0) is 22.5. The molecule has 1 unspecified atom stereocenters. The lowest BCUT2D eigenvalue weighted by Gasteiger charge is -2.15. The summed E-state index contributed by atoms with van der Waals surface area (Å²) in [4.78, 5) is 13.7. The van der Waals surface area contributed by atoms with E-state index in [0.717, 1.165) is 31.2 Å². The zero-order valence-corrected chi connectivity index (χ0v) is 18.9. The molecule has 3 saturated carbocycles. The molecular weight excluding hydrogens is 429 g/mol. The molecule has 3 aliphatic rings. The van der Waals surface area contributed by atoms with Crippen LogP contribution in [0, 0.1) is 5.92 Å². The fraction of sp³-hybridized carbons (Fsp3) is 0.500. The first-order valence-corrected chi connectivity index (χ1v) is 12.9. The quantitative estimate of drug-likeness (QED) is 0.625. The number of alkyl halides is 1. The molecule has 1 N–H and O–H groups in total. The van der Waals surface area contributed by atoms with Gasteiger partial charge in [-0.15, -0.1) is 0 Å². The highest BCUT2D eigenvalue weighted by Crippen LogP contribution is 2.46. The summed E-state index contributed by atoms with van der Waals surface area (Å²) in [6, 6.07) is 6.99. The summed E-state index contributed by atoms with van der Waals surface area (Å²) >= 11 is 0. The Labute approximate surface area is 187 Å². The number of carbonyl (C=O) groups is 1. The van der Waals surface area contributed by atoms with Crippen LogP contribution in [0.5, 0.6) is 0 Å². The lowest BCUT2D eigenvalue weighted by Crippen LogP contribution is -2.16. The number of benzene rings is 1. The van der Waals surface area contributed by atoms with E-state index in [1.54, 1.807) is 36.1 Å². The monoisotopic (exact) mass is 457 g/mol. The number of anilines is 1. The molecule has 0 aliphatic heterocycles. The molecule has 170 valence electrons. The van der Waals surface area contributed by atoms with Crippen LogP contribution in [-0.2, 0) is 21.7 Å². The van der Waals surface area contributed by atoms with E-state index < -0.39 is 16.0 Å². The second-order valence-electron chi connectivity index (χ2n) is 9.35. The average molecular weight is 458 g/mol. The second kappa shape index (κ2) is 8.14. The van der Waals surface area contributed by atoms with Crippen molar-refractivity contribution in [3.05, 3.63) is 47.7 Å². The first-order chi connectivity index (χ1) is 15.3. The normalized spacial score (nSPS) is 24.0. The number of amides is 1. The minimum atomic E-state index is -3.32. The molecule has 1 aromatic carbocycles. The van der Waals surface area contributed by atoms with E-state index in [4.69, 9.17) is 0 Å². The van der Waals surface area contributed by atoms with Crippen molar-refractivity contribution >= 4 is 27.1 Å². The van der Waals surface area contributed by atoms with E-state index in [0.29, 0.717) is 41.1 Å². The van der Waals surface area contributed by atoms with Crippen molar-refractivity contribution in [2.24, 2.45) is 13.0 Å². The van der Waals surface area contributed by atoms with Crippen LogP contribution in [0.3, 0.4) is 0 Å². The third kappa shape index (κ3) is 4.37. The van der Waals surface area contributed by atoms with Gasteiger partial charge in [-0.1, -0.05) is 12.1 Å². The third-order valence-corrected chi connectivity index (χ3v) is 8.95. The molecule has 2 atom stereocenters. The summed E-state index contributed by atoms with van der Waals surface area (Å²) in [6.07, 6.45) is 7.73. The number of sulfone groups is 1. The van der Waals surface area contributed by atoms with E-state index in [1.807, 2.05) is 12.1 Å². The average Bonchev–Trinajstić information content (AvgIpc) is 3.68. The van der Waals surface area contributed by atoms with Crippen molar-refractivity contribution in [2.75, 3.05) is 5.32 Å². The number of rotatable bonds is 7. The molecule has 0 spiro atoms. The molecule has 6 nitrogen and oxygen atoms in total. The zero-order valence-electron chi connectivity index (χ0n) is 18.1. The number of hydrogen-bond acceptors (Lipinski definition) is 4. The van der Waals surface area contributed by atoms with Crippen LogP contribution >= 0.6 is 0 Å². The smallest absolute Gasteiger partial charge is 0.257 e. The first-order valence-electron chi connectivity index (χ1n) is 11.4. The fourth-order valence-corrected chi connectivity index (χ4v) is 6.49. The number of hydrogen-bond donors (Lipinski definition) is 1. The van der Waals surface area contributed by atoms with Crippen molar-refractivity contribution in [1.82, 2.24) is 9.78 Å². The standard InChI is InChI=1S/C24H28FN3O3S/c1-28-11-10-23(27-28)26-24(29)21(13-15-2-6-18(25)12-15)17-5-9-22(20(14-17)16-3-4-16)32(30,31)19-7-8-19/h5,9-11,13-16,18-19H,2-4,6-8,12H2,1H3,(H,26,27,29)/t15-,18?/m0/s1. The van der Waals surface area contributed by atoms with Crippen molar-refractivity contribution in [3.63, 3.8) is 0 Å². The molecule has 8 heteroatoms. The predicted molar refractivity (Wildman–Crippen MR) is 121 cm³/mol. The number of halogens is 1. The molecule has 3 fully saturated rings. The van der Waals surface area contributed by atoms with Gasteiger partial charge in [0.05, 0.1) is 10.1 Å². The van der Waals surface area contributed by atoms with E-state index >= 15 is 0 Å². The first kappa shape index (κ1) is 21.4. The Morgan fingerprint density at radius 2 is 1.94 bits per heavy atom. The van der Waals surface area contributed by atoms with Crippen LogP contribution < -0.4 is 5.32 Å². The molecule has 3 aliphatic carbocycles. The Balaban J connectivity index is 1.52. The van der Waals surface area contributed by atoms with Gasteiger partial charge in [0.25, 0.3) is 5.91 Å². The van der Waals surface area contributed by atoms with Crippen molar-refractivity contribution in [1.29, 1.82) is 0 Å². The molecule has 1 amide bonds. The van der Waals surface area contributed by atoms with E-state index in [2.05, 4.69) is 10.4 Å². The van der Waals surface area contributed by atoms with Crippen LogP contribution in [0.2, 0.25) is 0 Å². The number of carbonyl (C=O) groups excluding carboxylic acids is 1. The highest BCUT2D eigenvalue weighted by atomic mass is 32.2.